The number of ether oxygens (including phenoxy) is 2. The quantitative estimate of drug-likeness (QED) is 0.821. The van der Waals surface area contributed by atoms with Crippen molar-refractivity contribution in [2.24, 2.45) is 0 Å². The molecule has 0 aliphatic carbocycles. The second kappa shape index (κ2) is 6.79. The maximum Gasteiger partial charge on any atom is 0.243 e. The number of thioether (sulfide) groups is 1. The molecule has 26 heavy (non-hydrogen) atoms. The maximum atomic E-state index is 13.0. The van der Waals surface area contributed by atoms with Gasteiger partial charge in [0.15, 0.2) is 5.79 Å². The van der Waals surface area contributed by atoms with E-state index in [0.29, 0.717) is 51.3 Å². The average Bonchev–Trinajstić information content (AvgIpc) is 2.98. The topological polar surface area (TPSA) is 84.9 Å². The van der Waals surface area contributed by atoms with Crippen molar-refractivity contribution in [1.82, 2.24) is 4.31 Å². The number of carbonyl (C=O) groups is 1. The molecule has 0 unspecified atom stereocenters. The van der Waals surface area contributed by atoms with E-state index >= 15 is 0 Å². The Morgan fingerprint density at radius 2 is 1.92 bits per heavy atom. The van der Waals surface area contributed by atoms with Gasteiger partial charge in [-0.05, 0) is 18.2 Å². The molecule has 7 nitrogen and oxygen atoms in total. The number of sulfonamides is 1. The largest absolute Gasteiger partial charge is 0.347 e. The summed E-state index contributed by atoms with van der Waals surface area (Å²) in [6.07, 6.45) is 1.47. The van der Waals surface area contributed by atoms with Gasteiger partial charge in [-0.3, -0.25) is 4.79 Å². The van der Waals surface area contributed by atoms with Gasteiger partial charge in [0.1, 0.15) is 0 Å². The van der Waals surface area contributed by atoms with E-state index in [9.17, 15) is 13.2 Å². The van der Waals surface area contributed by atoms with Gasteiger partial charge in [-0.1, -0.05) is 6.92 Å². The standard InChI is InChI=1S/C17H22N2O5S2/c1-12-10-16(20)18-14-11-13(2-3-15(14)25-12)26(21,22)19-6-4-17(5-7-19)23-8-9-24-17/h2-3,11-12H,4-10H2,1H3,(H,18,20)/t12-/m1/s1. The highest BCUT2D eigenvalue weighted by molar-refractivity contribution is 8.00. The van der Waals surface area contributed by atoms with Crippen LogP contribution in [-0.2, 0) is 24.3 Å². The number of hydrogen-bond acceptors (Lipinski definition) is 6. The SMILES string of the molecule is C[C@@H]1CC(=O)Nc2cc(S(=O)(=O)N3CCC4(CC3)OCCO4)ccc2S1. The lowest BCUT2D eigenvalue weighted by Crippen LogP contribution is -2.47. The molecule has 0 bridgehead atoms. The lowest BCUT2D eigenvalue weighted by atomic mass is 10.1. The van der Waals surface area contributed by atoms with Crippen LogP contribution in [0.4, 0.5) is 5.69 Å². The molecule has 4 rings (SSSR count). The van der Waals surface area contributed by atoms with Crippen LogP contribution in [0.5, 0.6) is 0 Å². The van der Waals surface area contributed by atoms with Crippen molar-refractivity contribution in [2.75, 3.05) is 31.6 Å². The Balaban J connectivity index is 1.56. The number of nitrogens with zero attached hydrogens (tertiary/aromatic N) is 1. The first-order chi connectivity index (χ1) is 12.4. The summed E-state index contributed by atoms with van der Waals surface area (Å²) >= 11 is 1.58. The molecule has 1 amide bonds. The first-order valence-electron chi connectivity index (χ1n) is 8.77. The maximum absolute atomic E-state index is 13.0. The third-order valence-corrected chi connectivity index (χ3v) is 8.04. The van der Waals surface area contributed by atoms with Crippen LogP contribution in [0.3, 0.4) is 0 Å². The molecule has 1 aromatic rings. The summed E-state index contributed by atoms with van der Waals surface area (Å²) in [4.78, 5) is 13.1. The highest BCUT2D eigenvalue weighted by Crippen LogP contribution is 2.38. The molecule has 142 valence electrons. The lowest BCUT2D eigenvalue weighted by molar-refractivity contribution is -0.179. The molecule has 1 atom stereocenters. The van der Waals surface area contributed by atoms with Gasteiger partial charge in [0.2, 0.25) is 15.9 Å². The average molecular weight is 399 g/mol. The summed E-state index contributed by atoms with van der Waals surface area (Å²) in [5, 5.41) is 2.98. The van der Waals surface area contributed by atoms with Crippen molar-refractivity contribution in [1.29, 1.82) is 0 Å². The normalized spacial score (nSPS) is 26.3. The van der Waals surface area contributed by atoms with Crippen LogP contribution in [0.2, 0.25) is 0 Å². The van der Waals surface area contributed by atoms with E-state index < -0.39 is 15.8 Å². The van der Waals surface area contributed by atoms with Gasteiger partial charge in [-0.2, -0.15) is 4.31 Å². The van der Waals surface area contributed by atoms with E-state index in [0.717, 1.165) is 4.90 Å². The molecule has 3 aliphatic heterocycles. The molecule has 3 heterocycles. The second-order valence-electron chi connectivity index (χ2n) is 6.85. The van der Waals surface area contributed by atoms with Gasteiger partial charge >= 0.3 is 0 Å². The Morgan fingerprint density at radius 3 is 2.62 bits per heavy atom. The molecule has 0 radical (unpaired) electrons. The summed E-state index contributed by atoms with van der Waals surface area (Å²) in [7, 11) is -3.62. The van der Waals surface area contributed by atoms with E-state index in [1.54, 1.807) is 30.0 Å². The number of amides is 1. The predicted molar refractivity (Wildman–Crippen MR) is 97.6 cm³/mol. The molecule has 2 fully saturated rings. The number of rotatable bonds is 2. The van der Waals surface area contributed by atoms with E-state index in [1.807, 2.05) is 6.92 Å². The summed E-state index contributed by atoms with van der Waals surface area (Å²) in [6, 6.07) is 4.97. The van der Waals surface area contributed by atoms with E-state index in [4.69, 9.17) is 9.47 Å². The number of nitrogens with one attached hydrogen (secondary N) is 1. The van der Waals surface area contributed by atoms with Crippen LogP contribution in [0.1, 0.15) is 26.2 Å². The van der Waals surface area contributed by atoms with Gasteiger partial charge in [-0.15, -0.1) is 11.8 Å². The van der Waals surface area contributed by atoms with E-state index in [2.05, 4.69) is 5.32 Å². The Morgan fingerprint density at radius 1 is 1.23 bits per heavy atom. The van der Waals surface area contributed by atoms with Crippen molar-refractivity contribution >= 4 is 33.4 Å². The fraction of sp³-hybridized carbons (Fsp3) is 0.588. The van der Waals surface area contributed by atoms with Crippen LogP contribution < -0.4 is 5.32 Å². The van der Waals surface area contributed by atoms with Gasteiger partial charge in [0.25, 0.3) is 0 Å². The van der Waals surface area contributed by atoms with Crippen LogP contribution in [-0.4, -0.2) is 56.0 Å². The second-order valence-corrected chi connectivity index (χ2v) is 10.3. The summed E-state index contributed by atoms with van der Waals surface area (Å²) in [5.74, 6) is -0.700. The van der Waals surface area contributed by atoms with E-state index in [-0.39, 0.29) is 16.1 Å². The monoisotopic (exact) mass is 398 g/mol. The molecule has 0 aromatic heterocycles. The molecule has 3 aliphatic rings. The zero-order valence-corrected chi connectivity index (χ0v) is 16.2. The smallest absolute Gasteiger partial charge is 0.243 e. The summed E-state index contributed by atoms with van der Waals surface area (Å²) < 4.78 is 38.9. The molecule has 2 saturated heterocycles. The van der Waals surface area contributed by atoms with Crippen LogP contribution >= 0.6 is 11.8 Å². The van der Waals surface area contributed by atoms with E-state index in [1.165, 1.54) is 4.31 Å². The molecule has 1 N–H and O–H groups in total. The van der Waals surface area contributed by atoms with Gasteiger partial charge in [0, 0.05) is 42.5 Å². The number of benzene rings is 1. The van der Waals surface area contributed by atoms with Gasteiger partial charge < -0.3 is 14.8 Å². The minimum absolute atomic E-state index is 0.0891. The first-order valence-corrected chi connectivity index (χ1v) is 11.1. The van der Waals surface area contributed by atoms with Crippen molar-refractivity contribution in [3.63, 3.8) is 0 Å². The summed E-state index contributed by atoms with van der Waals surface area (Å²) in [5.41, 5.74) is 0.571. The lowest BCUT2D eigenvalue weighted by Gasteiger charge is -2.36. The van der Waals surface area contributed by atoms with Crippen LogP contribution in [0.15, 0.2) is 28.0 Å². The van der Waals surface area contributed by atoms with Gasteiger partial charge in [-0.25, -0.2) is 8.42 Å². The molecule has 9 heteroatoms. The number of hydrogen-bond donors (Lipinski definition) is 1. The van der Waals surface area contributed by atoms with Crippen LogP contribution in [0, 0.1) is 0 Å². The minimum atomic E-state index is -3.62. The Labute approximate surface area is 157 Å². The molecular weight excluding hydrogens is 376 g/mol. The number of fused-ring (bicyclic) bond motifs is 1. The Hall–Kier alpha value is -1.13. The predicted octanol–water partition coefficient (Wildman–Crippen LogP) is 2.04. The molecule has 0 saturated carbocycles. The molecule has 1 aromatic carbocycles. The molecular formula is C17H22N2O5S2. The number of piperidine rings is 1. The van der Waals surface area contributed by atoms with Gasteiger partial charge in [0.05, 0.1) is 23.8 Å². The minimum Gasteiger partial charge on any atom is -0.347 e. The third-order valence-electron chi connectivity index (χ3n) is 4.96. The zero-order valence-electron chi connectivity index (χ0n) is 14.6. The highest BCUT2D eigenvalue weighted by atomic mass is 32.2. The zero-order chi connectivity index (χ0) is 18.4. The first kappa shape index (κ1) is 18.2. The van der Waals surface area contributed by atoms with Crippen molar-refractivity contribution in [3.8, 4) is 0 Å². The third kappa shape index (κ3) is 3.38. The Bertz CT molecular complexity index is 810. The van der Waals surface area contributed by atoms with Crippen molar-refractivity contribution in [3.05, 3.63) is 18.2 Å². The van der Waals surface area contributed by atoms with Crippen molar-refractivity contribution < 1.29 is 22.7 Å². The highest BCUT2D eigenvalue weighted by Gasteiger charge is 2.42. The number of anilines is 1. The summed E-state index contributed by atoms with van der Waals surface area (Å²) in [6.45, 7) is 3.83. The fourth-order valence-electron chi connectivity index (χ4n) is 3.59. The Kier molecular flexibility index (Phi) is 4.77. The number of carbonyl (C=O) groups excluding carboxylic acids is 1. The molecule has 1 spiro atoms. The van der Waals surface area contributed by atoms with Crippen molar-refractivity contribution in [2.45, 2.75) is 47.0 Å². The fourth-order valence-corrected chi connectivity index (χ4v) is 6.11. The van der Waals surface area contributed by atoms with Crippen LogP contribution in [0.25, 0.3) is 0 Å².